The van der Waals surface area contributed by atoms with Gasteiger partial charge in [-0.2, -0.15) is 0 Å². The van der Waals surface area contributed by atoms with E-state index >= 15 is 0 Å². The second-order valence-corrected chi connectivity index (χ2v) is 11.8. The minimum Gasteiger partial charge on any atom is -0.495 e. The minimum absolute atomic E-state index is 0.0815. The number of carboxylic acids is 1. The Kier molecular flexibility index (Phi) is 6.21. The molecule has 3 aromatic rings. The molecule has 0 saturated carbocycles. The Morgan fingerprint density at radius 3 is 2.75 bits per heavy atom. The molecule has 2 heterocycles. The molecule has 2 aromatic carbocycles. The Morgan fingerprint density at radius 1 is 1.19 bits per heavy atom. The van der Waals surface area contributed by atoms with Gasteiger partial charge in [-0.15, -0.1) is 11.3 Å². The number of methoxy groups -OCH3 is 1. The molecule has 36 heavy (non-hydrogen) atoms. The summed E-state index contributed by atoms with van der Waals surface area (Å²) in [6.45, 7) is 2.10. The number of benzene rings is 2. The summed E-state index contributed by atoms with van der Waals surface area (Å²) in [5.74, 6) is -1.74. The van der Waals surface area contributed by atoms with Gasteiger partial charge in [0.15, 0.2) is 5.13 Å². The molecule has 5 rings (SSSR count). The summed E-state index contributed by atoms with van der Waals surface area (Å²) in [7, 11) is -2.51. The molecule has 1 atom stereocenters. The summed E-state index contributed by atoms with van der Waals surface area (Å²) in [6, 6.07) is 10.0. The number of aromatic nitrogens is 1. The number of thiazole rings is 1. The summed E-state index contributed by atoms with van der Waals surface area (Å²) in [4.78, 5) is 29.8. The number of anilines is 2. The van der Waals surface area contributed by atoms with E-state index in [1.807, 2.05) is 6.92 Å². The van der Waals surface area contributed by atoms with E-state index < -0.39 is 27.8 Å². The zero-order valence-corrected chi connectivity index (χ0v) is 21.4. The van der Waals surface area contributed by atoms with Crippen molar-refractivity contribution in [3.63, 3.8) is 0 Å². The topological polar surface area (TPSA) is 126 Å². The first-order chi connectivity index (χ1) is 17.2. The lowest BCUT2D eigenvalue weighted by Gasteiger charge is -2.31. The lowest BCUT2D eigenvalue weighted by atomic mass is 10.0. The number of aliphatic carboxylic acids is 1. The Morgan fingerprint density at radius 2 is 2.00 bits per heavy atom. The number of hydrogen-bond donors (Lipinski definition) is 2. The molecule has 188 valence electrons. The zero-order valence-electron chi connectivity index (χ0n) is 19.8. The molecule has 0 fully saturated rings. The van der Waals surface area contributed by atoms with Crippen LogP contribution in [0.2, 0.25) is 0 Å². The van der Waals surface area contributed by atoms with E-state index in [1.165, 1.54) is 22.8 Å². The summed E-state index contributed by atoms with van der Waals surface area (Å²) in [5.41, 5.74) is 2.89. The highest BCUT2D eigenvalue weighted by atomic mass is 32.2. The van der Waals surface area contributed by atoms with Gasteiger partial charge in [-0.25, -0.2) is 13.4 Å². The number of rotatable bonds is 6. The van der Waals surface area contributed by atoms with Gasteiger partial charge in [0, 0.05) is 17.0 Å². The molecule has 2 aliphatic rings. The van der Waals surface area contributed by atoms with E-state index in [-0.39, 0.29) is 22.8 Å². The summed E-state index contributed by atoms with van der Waals surface area (Å²) >= 11 is 1.28. The Bertz CT molecular complexity index is 1480. The third-order valence-electron chi connectivity index (χ3n) is 6.55. The number of sulfonamides is 1. The largest absolute Gasteiger partial charge is 0.495 e. The van der Waals surface area contributed by atoms with Crippen LogP contribution in [-0.2, 0) is 27.7 Å². The van der Waals surface area contributed by atoms with Crippen molar-refractivity contribution in [1.82, 2.24) is 4.98 Å². The molecule has 1 aliphatic heterocycles. The first kappa shape index (κ1) is 24.3. The van der Waals surface area contributed by atoms with Crippen molar-refractivity contribution >= 4 is 44.1 Å². The van der Waals surface area contributed by atoms with E-state index in [2.05, 4.69) is 10.3 Å². The van der Waals surface area contributed by atoms with Crippen molar-refractivity contribution < 1.29 is 27.9 Å². The molecule has 1 aliphatic carbocycles. The number of carbonyl (C=O) groups excluding carboxylic acids is 1. The molecular formula is C25H25N3O6S2. The highest BCUT2D eigenvalue weighted by Crippen LogP contribution is 2.39. The second kappa shape index (κ2) is 9.21. The lowest BCUT2D eigenvalue weighted by molar-refractivity contribution is -0.138. The third-order valence-corrected chi connectivity index (χ3v) is 9.43. The molecule has 0 saturated heterocycles. The van der Waals surface area contributed by atoms with Gasteiger partial charge in [-0.05, 0) is 68.0 Å². The van der Waals surface area contributed by atoms with Crippen LogP contribution in [0.1, 0.15) is 50.8 Å². The van der Waals surface area contributed by atoms with Crippen molar-refractivity contribution in [3.05, 3.63) is 63.7 Å². The zero-order chi connectivity index (χ0) is 25.6. The normalized spacial score (nSPS) is 16.8. The average molecular weight is 528 g/mol. The maximum absolute atomic E-state index is 13.7. The van der Waals surface area contributed by atoms with Gasteiger partial charge in [0.25, 0.3) is 15.9 Å². The maximum atomic E-state index is 13.7. The standard InChI is InChI=1S/C25H25N3O6S2/c1-14-5-9-19(34-2)21(12-14)36(32,33)28-11-3-4-15-6-7-16(13-18(15)28)23(29)27-25-26-22-17(24(30)31)8-10-20(22)35-25/h5-7,9,12-13,17H,3-4,8,10-11H2,1-2H3,(H,30,31)(H,26,27,29). The quantitative estimate of drug-likeness (QED) is 0.497. The molecule has 11 heteroatoms. The van der Waals surface area contributed by atoms with Crippen LogP contribution in [0.15, 0.2) is 41.3 Å². The minimum atomic E-state index is -3.94. The lowest BCUT2D eigenvalue weighted by Crippen LogP contribution is -2.36. The number of hydrogen-bond acceptors (Lipinski definition) is 7. The van der Waals surface area contributed by atoms with E-state index in [4.69, 9.17) is 4.74 Å². The summed E-state index contributed by atoms with van der Waals surface area (Å²) in [6.07, 6.45) is 2.48. The average Bonchev–Trinajstić information content (AvgIpc) is 3.43. The van der Waals surface area contributed by atoms with Gasteiger partial charge < -0.3 is 9.84 Å². The molecular weight excluding hydrogens is 502 g/mol. The van der Waals surface area contributed by atoms with E-state index in [9.17, 15) is 23.1 Å². The number of nitrogens with one attached hydrogen (secondary N) is 1. The highest BCUT2D eigenvalue weighted by molar-refractivity contribution is 7.93. The van der Waals surface area contributed by atoms with Crippen molar-refractivity contribution in [2.45, 2.75) is 43.4 Å². The number of carbonyl (C=O) groups is 2. The maximum Gasteiger partial charge on any atom is 0.312 e. The van der Waals surface area contributed by atoms with Crippen LogP contribution in [0.5, 0.6) is 5.75 Å². The predicted molar refractivity (Wildman–Crippen MR) is 136 cm³/mol. The fourth-order valence-electron chi connectivity index (χ4n) is 4.73. The molecule has 1 aromatic heterocycles. The van der Waals surface area contributed by atoms with E-state index in [1.54, 1.807) is 36.4 Å². The molecule has 2 N–H and O–H groups in total. The fraction of sp³-hybridized carbons (Fsp3) is 0.320. The van der Waals surface area contributed by atoms with Crippen LogP contribution in [-0.4, -0.2) is 44.0 Å². The number of fused-ring (bicyclic) bond motifs is 2. The molecule has 9 nitrogen and oxygen atoms in total. The number of nitrogens with zero attached hydrogens (tertiary/aromatic N) is 2. The van der Waals surface area contributed by atoms with Gasteiger partial charge in [0.2, 0.25) is 0 Å². The number of amides is 1. The van der Waals surface area contributed by atoms with E-state index in [0.717, 1.165) is 16.0 Å². The molecule has 0 bridgehead atoms. The Labute approximate surface area is 212 Å². The summed E-state index contributed by atoms with van der Waals surface area (Å²) in [5, 5.41) is 12.5. The molecule has 0 spiro atoms. The molecule has 1 amide bonds. The van der Waals surface area contributed by atoms with Crippen LogP contribution >= 0.6 is 11.3 Å². The van der Waals surface area contributed by atoms with Crippen LogP contribution in [0, 0.1) is 6.92 Å². The van der Waals surface area contributed by atoms with Crippen LogP contribution in [0.3, 0.4) is 0 Å². The monoisotopic (exact) mass is 527 g/mol. The first-order valence-electron chi connectivity index (χ1n) is 11.5. The summed E-state index contributed by atoms with van der Waals surface area (Å²) < 4.78 is 34.1. The van der Waals surface area contributed by atoms with Gasteiger partial charge in [0.1, 0.15) is 16.6 Å². The second-order valence-electron chi connectivity index (χ2n) is 8.89. The SMILES string of the molecule is COc1ccc(C)cc1S(=O)(=O)N1CCCc2ccc(C(=O)Nc3nc4c(s3)CCC4C(=O)O)cc21. The third kappa shape index (κ3) is 4.22. The number of ether oxygens (including phenoxy) is 1. The predicted octanol–water partition coefficient (Wildman–Crippen LogP) is 3.97. The van der Waals surface area contributed by atoms with Crippen molar-refractivity contribution in [3.8, 4) is 5.75 Å². The number of carboxylic acid groups (broad SMARTS) is 1. The van der Waals surface area contributed by atoms with Gasteiger partial charge in [-0.1, -0.05) is 12.1 Å². The van der Waals surface area contributed by atoms with Crippen molar-refractivity contribution in [2.24, 2.45) is 0 Å². The van der Waals surface area contributed by atoms with E-state index in [0.29, 0.717) is 42.2 Å². The molecule has 1 unspecified atom stereocenters. The van der Waals surface area contributed by atoms with Gasteiger partial charge >= 0.3 is 5.97 Å². The fourth-order valence-corrected chi connectivity index (χ4v) is 7.54. The van der Waals surface area contributed by atoms with Crippen molar-refractivity contribution in [1.29, 1.82) is 0 Å². The van der Waals surface area contributed by atoms with Gasteiger partial charge in [0.05, 0.1) is 18.5 Å². The Balaban J connectivity index is 1.45. The number of aryl methyl sites for hydroxylation is 3. The smallest absolute Gasteiger partial charge is 0.312 e. The van der Waals surface area contributed by atoms with Crippen molar-refractivity contribution in [2.75, 3.05) is 23.3 Å². The molecule has 0 radical (unpaired) electrons. The van der Waals surface area contributed by atoms with Crippen LogP contribution < -0.4 is 14.4 Å². The van der Waals surface area contributed by atoms with Crippen LogP contribution in [0.25, 0.3) is 0 Å². The van der Waals surface area contributed by atoms with Crippen LogP contribution in [0.4, 0.5) is 10.8 Å². The Hall–Kier alpha value is -3.44. The first-order valence-corrected chi connectivity index (χ1v) is 13.8. The van der Waals surface area contributed by atoms with Gasteiger partial charge in [-0.3, -0.25) is 19.2 Å². The highest BCUT2D eigenvalue weighted by Gasteiger charge is 2.34.